The molecule has 0 unspecified atom stereocenters. The summed E-state index contributed by atoms with van der Waals surface area (Å²) in [5.41, 5.74) is 21.9. The molecule has 0 radical (unpaired) electrons. The zero-order chi connectivity index (χ0) is 71.0. The van der Waals surface area contributed by atoms with Gasteiger partial charge in [0.15, 0.2) is 34.7 Å². The average Bonchev–Trinajstić information content (AvgIpc) is 1.58. The second-order valence-electron chi connectivity index (χ2n) is 30.2. The maximum atomic E-state index is 5.03. The molecule has 0 N–H and O–H groups in total. The number of pyridine rings is 2. The smallest absolute Gasteiger partial charge is 0.188 e. The monoisotopic (exact) mass is 1750 g/mol. The molecule has 8 nitrogen and oxygen atoms in total. The van der Waals surface area contributed by atoms with Crippen molar-refractivity contribution in [3.63, 3.8) is 0 Å². The molecule has 0 bridgehead atoms. The van der Waals surface area contributed by atoms with Crippen LogP contribution in [0.25, 0.3) is 111 Å². The summed E-state index contributed by atoms with van der Waals surface area (Å²) in [7, 11) is -2.40. The SMILES string of the molecule is CC(C)c1cccc(C(C)C)c1-c1ccnc(-n2c3[c-]c([Si](C)(C)c4[c-]c(-n5[cH+]n(C(C)C)c6ccccc65)ccc4)ccc3c3ccccc32)c1.CC(C)c1cccc(C(C)C)c1-c1ccnc(-n2c3[c-]c([Si](C)(C)c4[c-]c(-n5[cH+]n(C)c6ccccc65)ccc4)ccc3c3ccccc32)c1.[Pt].[Pt]. The molecule has 0 aliphatic heterocycles. The molecule has 10 aromatic carbocycles. The van der Waals surface area contributed by atoms with E-state index in [0.717, 1.165) is 45.1 Å². The van der Waals surface area contributed by atoms with Crippen molar-refractivity contribution in [2.45, 2.75) is 125 Å². The van der Waals surface area contributed by atoms with E-state index in [0.29, 0.717) is 29.7 Å². The van der Waals surface area contributed by atoms with Gasteiger partial charge < -0.3 is 9.13 Å². The van der Waals surface area contributed by atoms with E-state index in [1.54, 1.807) is 0 Å². The number of nitrogens with zero attached hydrogens (tertiary/aromatic N) is 8. The van der Waals surface area contributed by atoms with Crippen LogP contribution in [0.2, 0.25) is 26.2 Å². The molecule has 0 saturated carbocycles. The number of para-hydroxylation sites is 6. The van der Waals surface area contributed by atoms with Crippen molar-refractivity contribution >= 4 is 103 Å². The Bertz CT molecular complexity index is 5830. The van der Waals surface area contributed by atoms with Crippen LogP contribution >= 0.6 is 0 Å². The van der Waals surface area contributed by atoms with Gasteiger partial charge in [-0.15, -0.1) is 35.0 Å². The Labute approximate surface area is 644 Å². The number of aryl methyl sites for hydroxylation is 1. The standard InChI is InChI=1S/C47H47N4Si.C45H43N4Si.2Pt/c1-31(2)38-18-14-19-39(32(3)4)47(38)34-25-26-48-46(27-34)51-42-20-10-9-17-40(42)41-24-23-37(29-45(41)51)52(7,8)36-16-13-15-35(28-36)50-30-49(33(5)6)43-21-11-12-22-44(43)50;1-30(2)36-17-13-18-37(31(3)4)45(36)32-24-25-46-44(26-32)49-40-19-9-8-16-38(40)39-23-22-35(28-43(39)49)50(6,7)34-15-12-14-33(27-34)48-29-47(5)41-20-10-11-21-42(41)48;;/h9-27,30-33H,1-8H3;8-26,29-31H,1-7H3;;/q2*-1;;. The zero-order valence-corrected chi connectivity index (χ0v) is 68.7. The van der Waals surface area contributed by atoms with Crippen LogP contribution < -0.4 is 20.7 Å². The first-order chi connectivity index (χ1) is 49.2. The van der Waals surface area contributed by atoms with Crippen molar-refractivity contribution in [2.24, 2.45) is 7.05 Å². The van der Waals surface area contributed by atoms with E-state index < -0.39 is 16.1 Å². The molecular weight excluding hydrogens is 1660 g/mol. The maximum Gasteiger partial charge on any atom is 0.188 e. The molecule has 0 fully saturated rings. The predicted octanol–water partition coefficient (Wildman–Crippen LogP) is 21.2. The minimum atomic E-state index is -2.26. The van der Waals surface area contributed by atoms with Gasteiger partial charge in [0.25, 0.3) is 0 Å². The zero-order valence-electron chi connectivity index (χ0n) is 62.2. The summed E-state index contributed by atoms with van der Waals surface area (Å²) >= 11 is 0. The Morgan fingerprint density at radius 3 is 1.12 bits per heavy atom. The number of imidazole rings is 2. The van der Waals surface area contributed by atoms with E-state index in [-0.39, 0.29) is 42.1 Å². The van der Waals surface area contributed by atoms with Gasteiger partial charge in [0.05, 0.1) is 22.2 Å². The Kier molecular flexibility index (Phi) is 20.7. The van der Waals surface area contributed by atoms with Crippen LogP contribution in [0.1, 0.15) is 121 Å². The first kappa shape index (κ1) is 73.2. The van der Waals surface area contributed by atoms with Crippen molar-refractivity contribution in [2.75, 3.05) is 0 Å². The minimum absolute atomic E-state index is 0. The number of hydrogen-bond donors (Lipinski definition) is 0. The molecular formula is C92H90N8Pt2Si2-2. The predicted molar refractivity (Wildman–Crippen MR) is 436 cm³/mol. The first-order valence-corrected chi connectivity index (χ1v) is 42.3. The van der Waals surface area contributed by atoms with E-state index >= 15 is 0 Å². The van der Waals surface area contributed by atoms with E-state index in [9.17, 15) is 0 Å². The molecule has 0 atom stereocenters. The normalized spacial score (nSPS) is 12.1. The van der Waals surface area contributed by atoms with Crippen LogP contribution in [0.4, 0.5) is 0 Å². The number of benzene rings is 10. The molecule has 0 spiro atoms. The molecule has 16 aromatic rings. The largest absolute Gasteiger partial charge is 0.319 e. The van der Waals surface area contributed by atoms with Crippen molar-refractivity contribution in [3.05, 3.63) is 290 Å². The number of rotatable bonds is 15. The van der Waals surface area contributed by atoms with Gasteiger partial charge in [-0.05, 0) is 153 Å². The molecule has 0 aliphatic rings. The van der Waals surface area contributed by atoms with Gasteiger partial charge in [-0.2, -0.15) is 81.4 Å². The maximum absolute atomic E-state index is 5.03. The molecule has 104 heavy (non-hydrogen) atoms. The molecule has 16 rings (SSSR count). The van der Waals surface area contributed by atoms with Crippen LogP contribution in [0.15, 0.2) is 243 Å². The van der Waals surface area contributed by atoms with E-state index in [4.69, 9.17) is 9.97 Å². The summed E-state index contributed by atoms with van der Waals surface area (Å²) in [6.07, 6.45) is 8.32. The minimum Gasteiger partial charge on any atom is -0.319 e. The van der Waals surface area contributed by atoms with Gasteiger partial charge >= 0.3 is 0 Å². The molecule has 528 valence electrons. The molecule has 6 heterocycles. The third kappa shape index (κ3) is 13.1. The molecule has 12 heteroatoms. The van der Waals surface area contributed by atoms with Gasteiger partial charge in [-0.3, -0.25) is 0 Å². The second-order valence-corrected chi connectivity index (χ2v) is 38.9. The van der Waals surface area contributed by atoms with E-state index in [2.05, 4.69) is 385 Å². The van der Waals surface area contributed by atoms with Crippen molar-refractivity contribution in [1.29, 1.82) is 0 Å². The topological polar surface area (TPSA) is 55.4 Å². The fraction of sp³-hybridized carbons (Fsp3) is 0.217. The van der Waals surface area contributed by atoms with Gasteiger partial charge in [-0.1, -0.05) is 165 Å². The third-order valence-corrected chi connectivity index (χ3v) is 27.8. The third-order valence-electron chi connectivity index (χ3n) is 21.2. The first-order valence-electron chi connectivity index (χ1n) is 36.3. The van der Waals surface area contributed by atoms with Crippen LogP contribution in [-0.4, -0.2) is 53.5 Å². The molecule has 0 saturated heterocycles. The average molecular weight is 1750 g/mol. The summed E-state index contributed by atoms with van der Waals surface area (Å²) in [5.74, 6) is 3.46. The molecule has 0 amide bonds. The van der Waals surface area contributed by atoms with Crippen LogP contribution in [0.5, 0.6) is 0 Å². The summed E-state index contributed by atoms with van der Waals surface area (Å²) in [5, 5.41) is 9.80. The Morgan fingerprint density at radius 1 is 0.346 bits per heavy atom. The van der Waals surface area contributed by atoms with E-state index in [1.165, 1.54) is 109 Å². The van der Waals surface area contributed by atoms with Gasteiger partial charge in [0, 0.05) is 108 Å². The van der Waals surface area contributed by atoms with Gasteiger partial charge in [-0.25, -0.2) is 28.2 Å². The Morgan fingerprint density at radius 2 is 0.702 bits per heavy atom. The second kappa shape index (κ2) is 29.4. The quantitative estimate of drug-likeness (QED) is 0.0759. The van der Waals surface area contributed by atoms with Gasteiger partial charge in [0.2, 0.25) is 0 Å². The fourth-order valence-electron chi connectivity index (χ4n) is 15.6. The molecule has 6 aromatic heterocycles. The number of fused-ring (bicyclic) bond motifs is 8. The summed E-state index contributed by atoms with van der Waals surface area (Å²) in [6, 6.07) is 95.5. The summed E-state index contributed by atoms with van der Waals surface area (Å²) in [4.78, 5) is 10.1. The molecule has 0 aliphatic carbocycles. The van der Waals surface area contributed by atoms with E-state index in [1.807, 2.05) is 12.4 Å². The Balaban J connectivity index is 0.000000181. The van der Waals surface area contributed by atoms with Crippen molar-refractivity contribution in [3.8, 4) is 45.3 Å². The van der Waals surface area contributed by atoms with Crippen molar-refractivity contribution < 1.29 is 42.1 Å². The van der Waals surface area contributed by atoms with Crippen molar-refractivity contribution in [1.82, 2.24) is 37.4 Å². The fourth-order valence-corrected chi connectivity index (χ4v) is 19.9. The summed E-state index contributed by atoms with van der Waals surface area (Å²) < 4.78 is 13.7. The summed E-state index contributed by atoms with van der Waals surface area (Å²) in [6.45, 7) is 32.4. The number of hydrogen-bond acceptors (Lipinski definition) is 2. The van der Waals surface area contributed by atoms with Crippen LogP contribution in [0, 0.1) is 24.3 Å². The number of aromatic nitrogens is 8. The van der Waals surface area contributed by atoms with Gasteiger partial charge in [0.1, 0.15) is 11.6 Å². The van der Waals surface area contributed by atoms with Crippen LogP contribution in [0.3, 0.4) is 0 Å². The van der Waals surface area contributed by atoms with Crippen LogP contribution in [-0.2, 0) is 49.2 Å². The Hall–Kier alpha value is -9.15.